The minimum atomic E-state index is 0.277. The Morgan fingerprint density at radius 1 is 0.882 bits per heavy atom. The fraction of sp³-hybridized carbons (Fsp3) is 0.346. The topological polar surface area (TPSA) is 52.6 Å². The van der Waals surface area contributed by atoms with Crippen molar-refractivity contribution < 1.29 is 4.79 Å². The molecule has 5 heterocycles. The summed E-state index contributed by atoms with van der Waals surface area (Å²) in [5.74, 6) is 2.09. The van der Waals surface area contributed by atoms with Crippen LogP contribution in [0.1, 0.15) is 12.8 Å². The number of aromatic nitrogens is 2. The van der Waals surface area contributed by atoms with Crippen molar-refractivity contribution in [2.45, 2.75) is 12.8 Å². The van der Waals surface area contributed by atoms with Gasteiger partial charge in [-0.25, -0.2) is 9.97 Å². The van der Waals surface area contributed by atoms with Gasteiger partial charge in [-0.05, 0) is 29.9 Å². The molecule has 2 aliphatic heterocycles. The Balaban J connectivity index is 1.30. The molecule has 2 fully saturated rings. The number of fused-ring (bicyclic) bond motifs is 1. The number of likely N-dealkylation sites (tertiary alicyclic amines) is 1. The van der Waals surface area contributed by atoms with Gasteiger partial charge in [-0.15, -0.1) is 22.7 Å². The van der Waals surface area contributed by atoms with Crippen molar-refractivity contribution in [3.8, 4) is 21.8 Å². The molecule has 2 saturated heterocycles. The second-order valence-corrected chi connectivity index (χ2v) is 10.7. The number of carbonyl (C=O) groups is 1. The van der Waals surface area contributed by atoms with Crippen molar-refractivity contribution >= 4 is 44.6 Å². The summed E-state index contributed by atoms with van der Waals surface area (Å²) in [6.45, 7) is 5.81. The van der Waals surface area contributed by atoms with E-state index in [2.05, 4.69) is 50.9 Å². The van der Waals surface area contributed by atoms with Crippen molar-refractivity contribution in [3.63, 3.8) is 0 Å². The summed E-state index contributed by atoms with van der Waals surface area (Å²) in [6, 6.07) is 14.6. The molecule has 8 heteroatoms. The van der Waals surface area contributed by atoms with E-state index in [1.165, 1.54) is 11.1 Å². The molecule has 2 aliphatic rings. The molecule has 174 valence electrons. The molecule has 6 rings (SSSR count). The molecule has 0 saturated carbocycles. The number of benzene rings is 1. The van der Waals surface area contributed by atoms with Crippen molar-refractivity contribution in [1.82, 2.24) is 19.8 Å². The Morgan fingerprint density at radius 3 is 2.41 bits per heavy atom. The van der Waals surface area contributed by atoms with Crippen molar-refractivity contribution in [2.24, 2.45) is 0 Å². The van der Waals surface area contributed by atoms with E-state index in [0.29, 0.717) is 6.54 Å². The van der Waals surface area contributed by atoms with E-state index in [1.54, 1.807) is 22.7 Å². The van der Waals surface area contributed by atoms with Crippen LogP contribution in [0.25, 0.3) is 32.0 Å². The number of anilines is 1. The zero-order valence-corrected chi connectivity index (χ0v) is 20.7. The first-order valence-corrected chi connectivity index (χ1v) is 13.7. The van der Waals surface area contributed by atoms with Gasteiger partial charge < -0.3 is 9.80 Å². The van der Waals surface area contributed by atoms with Crippen LogP contribution in [0, 0.1) is 0 Å². The fourth-order valence-electron chi connectivity index (χ4n) is 4.87. The average Bonchev–Trinajstić information content (AvgIpc) is 3.66. The summed E-state index contributed by atoms with van der Waals surface area (Å²) in [7, 11) is 0. The molecule has 3 aromatic heterocycles. The van der Waals surface area contributed by atoms with Gasteiger partial charge in [0.2, 0.25) is 5.91 Å². The van der Waals surface area contributed by atoms with Crippen LogP contribution < -0.4 is 4.90 Å². The standard InChI is InChI=1S/C26H27N5OS2/c32-22(30-10-4-5-11-30)17-29-12-14-31(15-13-29)25-23-20(19-7-2-1-3-8-19)18-34-26(23)28-24(27-25)21-9-6-16-33-21/h1-3,6-9,16,18H,4-5,10-15,17H2. The van der Waals surface area contributed by atoms with Crippen molar-refractivity contribution in [2.75, 3.05) is 50.7 Å². The van der Waals surface area contributed by atoms with Gasteiger partial charge in [-0.1, -0.05) is 36.4 Å². The highest BCUT2D eigenvalue weighted by atomic mass is 32.1. The minimum absolute atomic E-state index is 0.277. The Hall–Kier alpha value is -2.81. The number of rotatable bonds is 5. The summed E-state index contributed by atoms with van der Waals surface area (Å²) in [6.07, 6.45) is 2.28. The second kappa shape index (κ2) is 9.44. The Bertz CT molecular complexity index is 1270. The van der Waals surface area contributed by atoms with Gasteiger partial charge in [-0.3, -0.25) is 9.69 Å². The normalized spacial score (nSPS) is 17.1. The lowest BCUT2D eigenvalue weighted by molar-refractivity contribution is -0.131. The third-order valence-electron chi connectivity index (χ3n) is 6.73. The van der Waals surface area contributed by atoms with E-state index < -0.39 is 0 Å². The largest absolute Gasteiger partial charge is 0.353 e. The van der Waals surface area contributed by atoms with Crippen LogP contribution >= 0.6 is 22.7 Å². The van der Waals surface area contributed by atoms with Crippen molar-refractivity contribution in [3.05, 3.63) is 53.2 Å². The van der Waals surface area contributed by atoms with Gasteiger partial charge >= 0.3 is 0 Å². The van der Waals surface area contributed by atoms with Crippen LogP contribution in [0.2, 0.25) is 0 Å². The SMILES string of the molecule is O=C(CN1CCN(c2nc(-c3cccs3)nc3scc(-c4ccccc4)c23)CC1)N1CCCC1. The highest BCUT2D eigenvalue weighted by Gasteiger charge is 2.26. The molecule has 6 nitrogen and oxygen atoms in total. The summed E-state index contributed by atoms with van der Waals surface area (Å²) >= 11 is 3.36. The highest BCUT2D eigenvalue weighted by Crippen LogP contribution is 2.40. The van der Waals surface area contributed by atoms with Crippen LogP contribution in [0.5, 0.6) is 0 Å². The predicted molar refractivity (Wildman–Crippen MR) is 141 cm³/mol. The van der Waals surface area contributed by atoms with Gasteiger partial charge in [-0.2, -0.15) is 0 Å². The third-order valence-corrected chi connectivity index (χ3v) is 8.47. The summed E-state index contributed by atoms with van der Waals surface area (Å²) in [5, 5.41) is 5.42. The zero-order valence-electron chi connectivity index (χ0n) is 19.0. The molecular formula is C26H27N5OS2. The maximum atomic E-state index is 12.6. The molecule has 0 N–H and O–H groups in total. The number of carbonyl (C=O) groups excluding carboxylic acids is 1. The quantitative estimate of drug-likeness (QED) is 0.402. The van der Waals surface area contributed by atoms with E-state index in [0.717, 1.165) is 78.8 Å². The molecule has 0 bridgehead atoms. The summed E-state index contributed by atoms with van der Waals surface area (Å²) in [5.41, 5.74) is 2.39. The van der Waals surface area contributed by atoms with E-state index in [-0.39, 0.29) is 5.91 Å². The molecule has 0 atom stereocenters. The van der Waals surface area contributed by atoms with Crippen LogP contribution in [0.4, 0.5) is 5.82 Å². The predicted octanol–water partition coefficient (Wildman–Crippen LogP) is 4.83. The van der Waals surface area contributed by atoms with Gasteiger partial charge in [0.05, 0.1) is 16.8 Å². The van der Waals surface area contributed by atoms with Gasteiger partial charge in [0.25, 0.3) is 0 Å². The van der Waals surface area contributed by atoms with Crippen molar-refractivity contribution in [1.29, 1.82) is 0 Å². The van der Waals surface area contributed by atoms with Crippen LogP contribution in [0.15, 0.2) is 53.2 Å². The molecule has 0 spiro atoms. The Labute approximate surface area is 207 Å². The van der Waals surface area contributed by atoms with Crippen LogP contribution in [-0.2, 0) is 4.79 Å². The molecule has 4 aromatic rings. The zero-order chi connectivity index (χ0) is 22.9. The number of amides is 1. The Kier molecular flexibility index (Phi) is 6.03. The summed E-state index contributed by atoms with van der Waals surface area (Å²) < 4.78 is 0. The molecule has 1 aromatic carbocycles. The first-order valence-electron chi connectivity index (χ1n) is 11.9. The number of hydrogen-bond donors (Lipinski definition) is 0. The lowest BCUT2D eigenvalue weighted by Gasteiger charge is -2.36. The maximum Gasteiger partial charge on any atom is 0.236 e. The first-order chi connectivity index (χ1) is 16.8. The number of thiophene rings is 2. The lowest BCUT2D eigenvalue weighted by atomic mass is 10.1. The van der Waals surface area contributed by atoms with Crippen LogP contribution in [-0.4, -0.2) is 71.5 Å². The molecule has 0 radical (unpaired) electrons. The minimum Gasteiger partial charge on any atom is -0.353 e. The van der Waals surface area contributed by atoms with Gasteiger partial charge in [0, 0.05) is 50.2 Å². The number of hydrogen-bond acceptors (Lipinski definition) is 7. The van der Waals surface area contributed by atoms with E-state index in [4.69, 9.17) is 9.97 Å². The molecule has 1 amide bonds. The third kappa shape index (κ3) is 4.21. The van der Waals surface area contributed by atoms with E-state index in [9.17, 15) is 4.79 Å². The Morgan fingerprint density at radius 2 is 1.68 bits per heavy atom. The molecule has 0 unspecified atom stereocenters. The average molecular weight is 490 g/mol. The lowest BCUT2D eigenvalue weighted by Crippen LogP contribution is -2.50. The van der Waals surface area contributed by atoms with Gasteiger partial charge in [0.1, 0.15) is 10.6 Å². The molecular weight excluding hydrogens is 462 g/mol. The highest BCUT2D eigenvalue weighted by molar-refractivity contribution is 7.17. The second-order valence-electron chi connectivity index (χ2n) is 8.89. The number of piperazine rings is 1. The molecule has 34 heavy (non-hydrogen) atoms. The monoisotopic (exact) mass is 489 g/mol. The molecule has 0 aliphatic carbocycles. The first kappa shape index (κ1) is 21.7. The maximum absolute atomic E-state index is 12.6. The van der Waals surface area contributed by atoms with E-state index in [1.807, 2.05) is 17.0 Å². The van der Waals surface area contributed by atoms with Crippen LogP contribution in [0.3, 0.4) is 0 Å². The van der Waals surface area contributed by atoms with E-state index >= 15 is 0 Å². The summed E-state index contributed by atoms with van der Waals surface area (Å²) in [4.78, 5) is 31.5. The fourth-order valence-corrected chi connectivity index (χ4v) is 6.47. The number of nitrogens with zero attached hydrogens (tertiary/aromatic N) is 5. The van der Waals surface area contributed by atoms with Gasteiger partial charge in [0.15, 0.2) is 5.82 Å². The smallest absolute Gasteiger partial charge is 0.236 e.